The van der Waals surface area contributed by atoms with Crippen LogP contribution in [0, 0.1) is 5.41 Å². The van der Waals surface area contributed by atoms with E-state index in [-0.39, 0.29) is 23.6 Å². The van der Waals surface area contributed by atoms with E-state index in [0.717, 1.165) is 17.6 Å². The summed E-state index contributed by atoms with van der Waals surface area (Å²) >= 11 is 0. The summed E-state index contributed by atoms with van der Waals surface area (Å²) in [5.41, 5.74) is -1.46. The topological polar surface area (TPSA) is 105 Å². The molecule has 0 radical (unpaired) electrons. The predicted octanol–water partition coefficient (Wildman–Crippen LogP) is 7.09. The Morgan fingerprint density at radius 3 is 2.24 bits per heavy atom. The van der Waals surface area contributed by atoms with E-state index in [0.29, 0.717) is 36.3 Å². The lowest BCUT2D eigenvalue weighted by atomic mass is 9.72. The number of rotatable bonds is 8. The van der Waals surface area contributed by atoms with Crippen LogP contribution < -0.4 is 10.1 Å². The molecule has 1 fully saturated rings. The molecule has 2 aromatic rings. The molecular weight excluding hydrogens is 610 g/mol. The monoisotopic (exact) mass is 642 g/mol. The Morgan fingerprint density at radius 1 is 1.07 bits per heavy atom. The molecule has 8 nitrogen and oxygen atoms in total. The number of hydrogen-bond acceptors (Lipinski definition) is 5. The molecule has 0 aromatic heterocycles. The molecule has 1 aliphatic heterocycles. The Kier molecular flexibility index (Phi) is 9.19. The van der Waals surface area contributed by atoms with Crippen LogP contribution in [-0.4, -0.2) is 54.2 Å². The molecule has 1 saturated heterocycles. The van der Waals surface area contributed by atoms with Crippen LogP contribution in [0.1, 0.15) is 78.7 Å². The average Bonchev–Trinajstić information content (AvgIpc) is 3.22. The molecule has 14 heteroatoms. The number of ether oxygens (including phenoxy) is 2. The number of carbonyl (C=O) groups excluding carboxylic acids is 2. The van der Waals surface area contributed by atoms with Gasteiger partial charge in [0.25, 0.3) is 5.91 Å². The molecule has 0 unspecified atom stereocenters. The van der Waals surface area contributed by atoms with Crippen LogP contribution in [0.3, 0.4) is 0 Å². The van der Waals surface area contributed by atoms with E-state index >= 15 is 0 Å². The van der Waals surface area contributed by atoms with E-state index in [1.807, 2.05) is 13.8 Å². The quantitative estimate of drug-likeness (QED) is 0.298. The summed E-state index contributed by atoms with van der Waals surface area (Å²) in [7, 11) is 1.44. The second kappa shape index (κ2) is 12.3. The number of alkyl halides is 6. The van der Waals surface area contributed by atoms with Crippen molar-refractivity contribution in [2.45, 2.75) is 64.5 Å². The minimum absolute atomic E-state index is 0.0212. The largest absolute Gasteiger partial charge is 0.496 e. The molecule has 0 saturated carbocycles. The highest BCUT2D eigenvalue weighted by molar-refractivity contribution is 5.97. The van der Waals surface area contributed by atoms with Gasteiger partial charge in [-0.05, 0) is 84.7 Å². The van der Waals surface area contributed by atoms with Crippen LogP contribution in [0.25, 0.3) is 5.57 Å². The van der Waals surface area contributed by atoms with Gasteiger partial charge in [0.15, 0.2) is 0 Å². The van der Waals surface area contributed by atoms with Crippen LogP contribution >= 0.6 is 0 Å². The summed E-state index contributed by atoms with van der Waals surface area (Å²) in [5.74, 6) is -1.43. The van der Waals surface area contributed by atoms with Crippen molar-refractivity contribution in [1.82, 2.24) is 10.2 Å². The maximum absolute atomic E-state index is 13.5. The van der Waals surface area contributed by atoms with Gasteiger partial charge in [0.05, 0.1) is 24.3 Å². The van der Waals surface area contributed by atoms with Crippen molar-refractivity contribution >= 4 is 23.5 Å². The van der Waals surface area contributed by atoms with Gasteiger partial charge in [-0.3, -0.25) is 14.5 Å². The highest BCUT2D eigenvalue weighted by Crippen LogP contribution is 2.46. The summed E-state index contributed by atoms with van der Waals surface area (Å²) in [6.07, 6.45) is -10.7. The first-order valence-electron chi connectivity index (χ1n) is 14.0. The van der Waals surface area contributed by atoms with Gasteiger partial charge in [-0.15, -0.1) is 0 Å². The number of methoxy groups -OCH3 is 1. The van der Waals surface area contributed by atoms with Crippen LogP contribution in [0.4, 0.5) is 31.1 Å². The van der Waals surface area contributed by atoms with Gasteiger partial charge in [-0.25, -0.2) is 4.79 Å². The molecule has 2 atom stereocenters. The summed E-state index contributed by atoms with van der Waals surface area (Å²) < 4.78 is 92.1. The number of nitrogens with one attached hydrogen (secondary N) is 1. The fourth-order valence-electron chi connectivity index (χ4n) is 5.74. The maximum Gasteiger partial charge on any atom is 0.416 e. The summed E-state index contributed by atoms with van der Waals surface area (Å²) in [6.45, 7) is 4.90. The Hall–Kier alpha value is -4.23. The third-order valence-electron chi connectivity index (χ3n) is 8.05. The van der Waals surface area contributed by atoms with Gasteiger partial charge in [0, 0.05) is 17.7 Å². The number of carbonyl (C=O) groups is 3. The van der Waals surface area contributed by atoms with Crippen molar-refractivity contribution in [3.8, 4) is 5.75 Å². The highest BCUT2D eigenvalue weighted by Gasteiger charge is 2.44. The number of allylic oxidation sites excluding steroid dienone is 1. The number of aliphatic carboxylic acids is 1. The van der Waals surface area contributed by atoms with E-state index in [1.54, 1.807) is 12.1 Å². The first-order valence-corrected chi connectivity index (χ1v) is 14.0. The average molecular weight is 643 g/mol. The third kappa shape index (κ3) is 7.54. The summed E-state index contributed by atoms with van der Waals surface area (Å²) in [4.78, 5) is 37.9. The zero-order valence-electron chi connectivity index (χ0n) is 24.9. The van der Waals surface area contributed by atoms with Crippen LogP contribution in [0.15, 0.2) is 42.0 Å². The number of cyclic esters (lactones) is 1. The standard InChI is InChI=1S/C31H32F6N2O6/c1-16-26(18-9-20(30(32,33)34)12-21(10-18)31(35,36)37)45-28(43)39(16)15-19-13-29(2,3)8-7-22(19)23-11-17(5-6-24(23)44-4)27(42)38-14-25(40)41/h5-6,9-12,16,26H,7-8,13-15H2,1-4H3,(H,38,42)(H,40,41)/t16-,26-/m0/s1. The minimum Gasteiger partial charge on any atom is -0.496 e. The number of amides is 2. The Bertz CT molecular complexity index is 1500. The Morgan fingerprint density at radius 2 is 1.69 bits per heavy atom. The smallest absolute Gasteiger partial charge is 0.416 e. The Balaban J connectivity index is 1.73. The van der Waals surface area contributed by atoms with Crippen molar-refractivity contribution in [1.29, 1.82) is 0 Å². The molecular formula is C31H32F6N2O6. The molecule has 2 N–H and O–H groups in total. The van der Waals surface area contributed by atoms with Gasteiger partial charge in [-0.2, -0.15) is 26.3 Å². The second-order valence-electron chi connectivity index (χ2n) is 11.9. The first-order chi connectivity index (χ1) is 20.8. The normalized spacial score (nSPS) is 20.2. The predicted molar refractivity (Wildman–Crippen MR) is 149 cm³/mol. The lowest BCUT2D eigenvalue weighted by molar-refractivity contribution is -0.143. The molecule has 2 amide bonds. The summed E-state index contributed by atoms with van der Waals surface area (Å²) in [5, 5.41) is 11.2. The van der Waals surface area contributed by atoms with E-state index in [9.17, 15) is 40.7 Å². The van der Waals surface area contributed by atoms with Crippen LogP contribution in [0.5, 0.6) is 5.75 Å². The van der Waals surface area contributed by atoms with E-state index in [4.69, 9.17) is 14.6 Å². The number of carboxylic acid groups (broad SMARTS) is 1. The van der Waals surface area contributed by atoms with Gasteiger partial charge in [-0.1, -0.05) is 13.8 Å². The van der Waals surface area contributed by atoms with E-state index < -0.39 is 65.7 Å². The SMILES string of the molecule is COc1ccc(C(=O)NCC(=O)O)cc1C1=C(CN2C(=O)O[C@H](c3cc(C(F)(F)F)cc(C(F)(F)F)c3)[C@@H]2C)CC(C)(C)CC1. The zero-order chi connectivity index (χ0) is 33.5. The number of carboxylic acids is 1. The van der Waals surface area contributed by atoms with Crippen LogP contribution in [0.2, 0.25) is 0 Å². The molecule has 0 bridgehead atoms. The molecule has 1 aliphatic carbocycles. The van der Waals surface area contributed by atoms with Gasteiger partial charge in [0.1, 0.15) is 18.4 Å². The summed E-state index contributed by atoms with van der Waals surface area (Å²) in [6, 6.07) is 4.80. The Labute approximate surface area is 255 Å². The fourth-order valence-corrected chi connectivity index (χ4v) is 5.74. The van der Waals surface area contributed by atoms with E-state index in [1.165, 1.54) is 25.0 Å². The molecule has 1 heterocycles. The van der Waals surface area contributed by atoms with Crippen molar-refractivity contribution in [3.63, 3.8) is 0 Å². The van der Waals surface area contributed by atoms with Crippen LogP contribution in [-0.2, 0) is 21.9 Å². The van der Waals surface area contributed by atoms with Crippen molar-refractivity contribution in [2.75, 3.05) is 20.2 Å². The van der Waals surface area contributed by atoms with E-state index in [2.05, 4.69) is 5.32 Å². The molecule has 45 heavy (non-hydrogen) atoms. The number of hydrogen-bond donors (Lipinski definition) is 2. The molecule has 2 aliphatic rings. The maximum atomic E-state index is 13.5. The van der Waals surface area contributed by atoms with Gasteiger partial charge >= 0.3 is 24.4 Å². The third-order valence-corrected chi connectivity index (χ3v) is 8.05. The fraction of sp³-hybridized carbons (Fsp3) is 0.452. The molecule has 4 rings (SSSR count). The van der Waals surface area contributed by atoms with Crippen molar-refractivity contribution < 1.29 is 55.3 Å². The molecule has 0 spiro atoms. The number of nitrogens with zero attached hydrogens (tertiary/aromatic N) is 1. The lowest BCUT2D eigenvalue weighted by Gasteiger charge is -2.36. The number of halogens is 6. The van der Waals surface area contributed by atoms with Crippen molar-refractivity contribution in [2.24, 2.45) is 5.41 Å². The second-order valence-corrected chi connectivity index (χ2v) is 11.9. The van der Waals surface area contributed by atoms with Crippen molar-refractivity contribution in [3.05, 3.63) is 69.8 Å². The molecule has 244 valence electrons. The zero-order valence-corrected chi connectivity index (χ0v) is 24.9. The lowest BCUT2D eigenvalue weighted by Crippen LogP contribution is -2.35. The highest BCUT2D eigenvalue weighted by atomic mass is 19.4. The molecule has 2 aromatic carbocycles. The van der Waals surface area contributed by atoms with Gasteiger partial charge < -0.3 is 19.9 Å². The number of benzene rings is 2. The first kappa shape index (κ1) is 33.7. The minimum atomic E-state index is -5.06. The van der Waals surface area contributed by atoms with Gasteiger partial charge in [0.2, 0.25) is 0 Å².